The average molecular weight is 564 g/mol. The van der Waals surface area contributed by atoms with Crippen molar-refractivity contribution in [2.24, 2.45) is 4.99 Å². The number of aryl methyl sites for hydroxylation is 2. The number of aliphatic imine (C=N–C) groups is 1. The number of hydrogen-bond donors (Lipinski definition) is 1. The van der Waals surface area contributed by atoms with Crippen LogP contribution >= 0.6 is 24.0 Å². The minimum Gasteiger partial charge on any atom is -0.356 e. The summed E-state index contributed by atoms with van der Waals surface area (Å²) in [6.07, 6.45) is 11.4. The van der Waals surface area contributed by atoms with Crippen molar-refractivity contribution in [2.75, 3.05) is 46.3 Å². The standard InChI is InChI=1S/C25H37N7.HI/c1-26-25(27-15-8-14-24-29-28-23-13-6-3-7-17-32(23)24)31-20-18-30(19-21-31)16-9-12-22-10-4-2-5-11-22;/h2,4-5,9-12H,3,6-8,13-21H2,1H3,(H,26,27);1H/b12-9+;. The second-order valence-corrected chi connectivity index (χ2v) is 8.67. The van der Waals surface area contributed by atoms with Gasteiger partial charge in [0, 0.05) is 65.7 Å². The summed E-state index contributed by atoms with van der Waals surface area (Å²) in [5.74, 6) is 3.35. The Balaban J connectivity index is 0.00000306. The van der Waals surface area contributed by atoms with Gasteiger partial charge in [0.15, 0.2) is 5.96 Å². The third-order valence-corrected chi connectivity index (χ3v) is 6.40. The van der Waals surface area contributed by atoms with Gasteiger partial charge in [0.2, 0.25) is 0 Å². The zero-order valence-corrected chi connectivity index (χ0v) is 22.2. The molecule has 1 aromatic heterocycles. The van der Waals surface area contributed by atoms with Crippen LogP contribution < -0.4 is 5.32 Å². The number of aromatic nitrogens is 3. The fraction of sp³-hybridized carbons (Fsp3) is 0.560. The largest absolute Gasteiger partial charge is 0.356 e. The summed E-state index contributed by atoms with van der Waals surface area (Å²) in [4.78, 5) is 9.40. The lowest BCUT2D eigenvalue weighted by Crippen LogP contribution is -2.52. The predicted octanol–water partition coefficient (Wildman–Crippen LogP) is 3.46. The summed E-state index contributed by atoms with van der Waals surface area (Å²) in [7, 11) is 1.88. The van der Waals surface area contributed by atoms with Gasteiger partial charge in [-0.25, -0.2) is 0 Å². The molecule has 33 heavy (non-hydrogen) atoms. The molecular weight excluding hydrogens is 525 g/mol. The summed E-state index contributed by atoms with van der Waals surface area (Å²) in [6.45, 7) is 7.13. The highest BCUT2D eigenvalue weighted by Gasteiger charge is 2.19. The number of nitrogens with one attached hydrogen (secondary N) is 1. The number of piperazine rings is 1. The van der Waals surface area contributed by atoms with Crippen LogP contribution in [-0.4, -0.2) is 76.8 Å². The molecule has 3 heterocycles. The molecule has 0 radical (unpaired) electrons. The van der Waals surface area contributed by atoms with E-state index in [1.807, 2.05) is 7.05 Å². The molecule has 2 aliphatic rings. The lowest BCUT2D eigenvalue weighted by molar-refractivity contribution is 0.194. The molecule has 2 aliphatic heterocycles. The van der Waals surface area contributed by atoms with Crippen LogP contribution in [0.15, 0.2) is 41.4 Å². The van der Waals surface area contributed by atoms with Crippen molar-refractivity contribution >= 4 is 36.0 Å². The summed E-state index contributed by atoms with van der Waals surface area (Å²) >= 11 is 0. The predicted molar refractivity (Wildman–Crippen MR) is 146 cm³/mol. The monoisotopic (exact) mass is 563 g/mol. The molecule has 1 saturated heterocycles. The first-order valence-electron chi connectivity index (χ1n) is 12.1. The van der Waals surface area contributed by atoms with E-state index in [1.54, 1.807) is 0 Å². The van der Waals surface area contributed by atoms with Crippen LogP contribution in [0.4, 0.5) is 0 Å². The van der Waals surface area contributed by atoms with Gasteiger partial charge in [-0.3, -0.25) is 9.89 Å². The highest BCUT2D eigenvalue weighted by molar-refractivity contribution is 14.0. The van der Waals surface area contributed by atoms with Crippen LogP contribution in [0.5, 0.6) is 0 Å². The number of benzene rings is 1. The van der Waals surface area contributed by atoms with E-state index < -0.39 is 0 Å². The third-order valence-electron chi connectivity index (χ3n) is 6.40. The van der Waals surface area contributed by atoms with Crippen LogP contribution in [0.1, 0.15) is 42.9 Å². The molecule has 0 saturated carbocycles. The third kappa shape index (κ3) is 7.53. The second-order valence-electron chi connectivity index (χ2n) is 8.67. The number of rotatable bonds is 7. The van der Waals surface area contributed by atoms with Gasteiger partial charge in [0.1, 0.15) is 11.6 Å². The van der Waals surface area contributed by atoms with Crippen molar-refractivity contribution in [3.8, 4) is 0 Å². The maximum atomic E-state index is 4.52. The van der Waals surface area contributed by atoms with Crippen molar-refractivity contribution in [3.63, 3.8) is 0 Å². The fourth-order valence-electron chi connectivity index (χ4n) is 4.55. The van der Waals surface area contributed by atoms with Gasteiger partial charge in [0.05, 0.1) is 0 Å². The van der Waals surface area contributed by atoms with E-state index >= 15 is 0 Å². The molecule has 4 rings (SSSR count). The van der Waals surface area contributed by atoms with Crippen molar-refractivity contribution < 1.29 is 0 Å². The van der Waals surface area contributed by atoms with E-state index in [0.29, 0.717) is 0 Å². The molecular formula is C25H38IN7. The Morgan fingerprint density at radius 2 is 1.85 bits per heavy atom. The van der Waals surface area contributed by atoms with Crippen LogP contribution in [0.25, 0.3) is 6.08 Å². The Labute approximate surface area is 215 Å². The highest BCUT2D eigenvalue weighted by atomic mass is 127. The van der Waals surface area contributed by atoms with E-state index in [-0.39, 0.29) is 24.0 Å². The number of nitrogens with zero attached hydrogens (tertiary/aromatic N) is 6. The van der Waals surface area contributed by atoms with E-state index in [4.69, 9.17) is 0 Å². The van der Waals surface area contributed by atoms with Gasteiger partial charge in [0.25, 0.3) is 0 Å². The molecule has 1 fully saturated rings. The minimum atomic E-state index is 0. The smallest absolute Gasteiger partial charge is 0.193 e. The molecule has 0 amide bonds. The van der Waals surface area contributed by atoms with Crippen LogP contribution in [0.2, 0.25) is 0 Å². The summed E-state index contributed by atoms with van der Waals surface area (Å²) in [5.41, 5.74) is 1.26. The van der Waals surface area contributed by atoms with Gasteiger partial charge in [-0.15, -0.1) is 34.2 Å². The molecule has 0 atom stereocenters. The van der Waals surface area contributed by atoms with Gasteiger partial charge in [-0.05, 0) is 24.8 Å². The highest BCUT2D eigenvalue weighted by Crippen LogP contribution is 2.15. The topological polar surface area (TPSA) is 61.6 Å². The number of guanidine groups is 1. The first-order valence-corrected chi connectivity index (χ1v) is 12.1. The molecule has 1 aromatic carbocycles. The summed E-state index contributed by atoms with van der Waals surface area (Å²) in [5, 5.41) is 12.4. The number of fused-ring (bicyclic) bond motifs is 1. The molecule has 8 heteroatoms. The molecule has 180 valence electrons. The quantitative estimate of drug-likeness (QED) is 0.242. The van der Waals surface area contributed by atoms with E-state index in [2.05, 4.69) is 77.4 Å². The molecule has 0 spiro atoms. The van der Waals surface area contributed by atoms with Gasteiger partial charge >= 0.3 is 0 Å². The van der Waals surface area contributed by atoms with Crippen molar-refractivity contribution in [2.45, 2.75) is 45.1 Å². The summed E-state index contributed by atoms with van der Waals surface area (Å²) < 4.78 is 2.35. The molecule has 0 aliphatic carbocycles. The maximum absolute atomic E-state index is 4.52. The number of hydrogen-bond acceptors (Lipinski definition) is 4. The second kappa shape index (κ2) is 13.7. The Bertz CT molecular complexity index is 885. The Morgan fingerprint density at radius 1 is 1.03 bits per heavy atom. The van der Waals surface area contributed by atoms with E-state index in [0.717, 1.165) is 76.9 Å². The van der Waals surface area contributed by atoms with Crippen LogP contribution in [-0.2, 0) is 19.4 Å². The SMILES string of the molecule is CN=C(NCCCc1nnc2n1CCCCC2)N1CCN(C/C=C/c2ccccc2)CC1.I. The van der Waals surface area contributed by atoms with Gasteiger partial charge in [-0.2, -0.15) is 0 Å². The van der Waals surface area contributed by atoms with E-state index in [1.165, 1.54) is 30.7 Å². The Morgan fingerprint density at radius 3 is 2.64 bits per heavy atom. The Hall–Kier alpha value is -1.94. The average Bonchev–Trinajstić information content (AvgIpc) is 3.06. The molecule has 1 N–H and O–H groups in total. The molecule has 2 aromatic rings. The zero-order chi connectivity index (χ0) is 22.0. The maximum Gasteiger partial charge on any atom is 0.193 e. The molecule has 0 bridgehead atoms. The van der Waals surface area contributed by atoms with Crippen molar-refractivity contribution in [1.29, 1.82) is 0 Å². The van der Waals surface area contributed by atoms with Gasteiger partial charge in [-0.1, -0.05) is 48.9 Å². The fourth-order valence-corrected chi connectivity index (χ4v) is 4.55. The van der Waals surface area contributed by atoms with Crippen molar-refractivity contribution in [3.05, 3.63) is 53.6 Å². The number of halogens is 1. The van der Waals surface area contributed by atoms with Crippen LogP contribution in [0, 0.1) is 0 Å². The minimum absolute atomic E-state index is 0. The first-order chi connectivity index (χ1) is 15.8. The zero-order valence-electron chi connectivity index (χ0n) is 19.8. The molecule has 7 nitrogen and oxygen atoms in total. The Kier molecular flexibility index (Phi) is 10.7. The van der Waals surface area contributed by atoms with Crippen LogP contribution in [0.3, 0.4) is 0 Å². The summed E-state index contributed by atoms with van der Waals surface area (Å²) in [6, 6.07) is 10.5. The first kappa shape index (κ1) is 25.7. The van der Waals surface area contributed by atoms with Crippen molar-refractivity contribution in [1.82, 2.24) is 29.9 Å². The normalized spacial score (nSPS) is 17.5. The lowest BCUT2D eigenvalue weighted by atomic mass is 10.2. The van der Waals surface area contributed by atoms with E-state index in [9.17, 15) is 0 Å². The van der Waals surface area contributed by atoms with Gasteiger partial charge < -0.3 is 14.8 Å². The molecule has 0 unspecified atom stereocenters. The lowest BCUT2D eigenvalue weighted by Gasteiger charge is -2.36.